The molecule has 0 aliphatic carbocycles. The van der Waals surface area contributed by atoms with Crippen molar-refractivity contribution in [3.8, 4) is 0 Å². The summed E-state index contributed by atoms with van der Waals surface area (Å²) in [5.74, 6) is -0.215. The highest BCUT2D eigenvalue weighted by Crippen LogP contribution is 2.21. The van der Waals surface area contributed by atoms with E-state index in [0.717, 1.165) is 11.3 Å². The average molecular weight is 317 g/mol. The van der Waals surface area contributed by atoms with E-state index in [4.69, 9.17) is 11.6 Å². The van der Waals surface area contributed by atoms with Gasteiger partial charge in [0.2, 0.25) is 0 Å². The highest BCUT2D eigenvalue weighted by molar-refractivity contribution is 7.93. The maximum atomic E-state index is 12.0. The molecule has 1 heterocycles. The van der Waals surface area contributed by atoms with Crippen LogP contribution >= 0.6 is 22.9 Å². The second kappa shape index (κ2) is 5.28. The molecule has 0 fully saturated rings. The fourth-order valence-corrected chi connectivity index (χ4v) is 3.40. The number of halogens is 1. The van der Waals surface area contributed by atoms with Crippen LogP contribution in [0, 0.1) is 0 Å². The molecule has 0 radical (unpaired) electrons. The summed E-state index contributed by atoms with van der Waals surface area (Å²) in [6.07, 6.45) is 0. The zero-order chi connectivity index (χ0) is 14.0. The van der Waals surface area contributed by atoms with E-state index >= 15 is 0 Å². The van der Waals surface area contributed by atoms with E-state index in [1.807, 2.05) is 0 Å². The molecule has 0 unspecified atom stereocenters. The topological polar surface area (TPSA) is 76.1 Å². The van der Waals surface area contributed by atoms with Crippen molar-refractivity contribution >= 4 is 43.9 Å². The largest absolute Gasteiger partial charge is 0.293 e. The van der Waals surface area contributed by atoms with Gasteiger partial charge in [-0.15, -0.1) is 11.3 Å². The molecule has 0 saturated heterocycles. The molecule has 0 bridgehead atoms. The van der Waals surface area contributed by atoms with Crippen LogP contribution in [0.4, 0.5) is 5.13 Å². The number of ketones is 1. The van der Waals surface area contributed by atoms with Gasteiger partial charge in [0.05, 0.1) is 4.90 Å². The summed E-state index contributed by atoms with van der Waals surface area (Å²) in [5.41, 5.74) is 0.235. The van der Waals surface area contributed by atoms with Gasteiger partial charge in [-0.2, -0.15) is 0 Å². The highest BCUT2D eigenvalue weighted by atomic mass is 35.5. The third-order valence-corrected chi connectivity index (χ3v) is 4.70. The summed E-state index contributed by atoms with van der Waals surface area (Å²) in [7, 11) is -3.71. The Labute approximate surface area is 119 Å². The number of nitrogens with zero attached hydrogens (tertiary/aromatic N) is 1. The minimum atomic E-state index is -3.71. The lowest BCUT2D eigenvalue weighted by Gasteiger charge is -2.04. The predicted molar refractivity (Wildman–Crippen MR) is 74.4 cm³/mol. The van der Waals surface area contributed by atoms with Crippen molar-refractivity contribution in [2.75, 3.05) is 4.72 Å². The number of sulfonamides is 1. The fourth-order valence-electron chi connectivity index (χ4n) is 1.27. The van der Waals surface area contributed by atoms with Crippen LogP contribution in [0.1, 0.15) is 17.4 Å². The molecule has 19 heavy (non-hydrogen) atoms. The van der Waals surface area contributed by atoms with Gasteiger partial charge >= 0.3 is 0 Å². The number of carbonyl (C=O) groups excluding carboxylic acids is 1. The van der Waals surface area contributed by atoms with E-state index < -0.39 is 10.0 Å². The molecule has 0 aliphatic rings. The Morgan fingerprint density at radius 1 is 1.32 bits per heavy atom. The molecular weight excluding hydrogens is 308 g/mol. The zero-order valence-corrected chi connectivity index (χ0v) is 12.1. The van der Waals surface area contributed by atoms with E-state index in [2.05, 4.69) is 9.71 Å². The summed E-state index contributed by atoms with van der Waals surface area (Å²) in [4.78, 5) is 15.1. The molecule has 8 heteroatoms. The summed E-state index contributed by atoms with van der Waals surface area (Å²) < 4.78 is 26.4. The molecule has 100 valence electrons. The Bertz CT molecular complexity index is 708. The first-order chi connectivity index (χ1) is 8.88. The summed E-state index contributed by atoms with van der Waals surface area (Å²) in [6.45, 7) is 1.37. The van der Waals surface area contributed by atoms with Gasteiger partial charge in [-0.1, -0.05) is 11.6 Å². The van der Waals surface area contributed by atoms with Crippen LogP contribution < -0.4 is 4.72 Å². The molecule has 0 atom stereocenters. The summed E-state index contributed by atoms with van der Waals surface area (Å²) >= 11 is 6.75. The third kappa shape index (κ3) is 3.31. The van der Waals surface area contributed by atoms with E-state index in [1.165, 1.54) is 36.6 Å². The van der Waals surface area contributed by atoms with Crippen LogP contribution in [-0.2, 0) is 10.0 Å². The minimum Gasteiger partial charge on any atom is -0.293 e. The van der Waals surface area contributed by atoms with Crippen LogP contribution in [-0.4, -0.2) is 19.2 Å². The molecule has 0 amide bonds. The Morgan fingerprint density at radius 3 is 2.47 bits per heavy atom. The lowest BCUT2D eigenvalue weighted by molar-refractivity contribution is 0.101. The number of anilines is 1. The van der Waals surface area contributed by atoms with Crippen molar-refractivity contribution in [3.63, 3.8) is 0 Å². The van der Waals surface area contributed by atoms with Crippen LogP contribution in [0.15, 0.2) is 34.5 Å². The number of hydrogen-bond donors (Lipinski definition) is 1. The first-order valence-corrected chi connectivity index (χ1v) is 7.87. The van der Waals surface area contributed by atoms with Gasteiger partial charge in [0, 0.05) is 17.3 Å². The van der Waals surface area contributed by atoms with Crippen molar-refractivity contribution in [3.05, 3.63) is 40.4 Å². The van der Waals surface area contributed by atoms with Crippen molar-refractivity contribution in [1.82, 2.24) is 4.98 Å². The molecular formula is C11H9ClN2O3S2. The maximum Gasteiger partial charge on any atom is 0.263 e. The number of thiazole rings is 1. The zero-order valence-electron chi connectivity index (χ0n) is 9.75. The highest BCUT2D eigenvalue weighted by Gasteiger charge is 2.16. The molecule has 0 spiro atoms. The van der Waals surface area contributed by atoms with Gasteiger partial charge < -0.3 is 0 Å². The first-order valence-electron chi connectivity index (χ1n) is 5.13. The number of nitrogens with one attached hydrogen (secondary N) is 1. The maximum absolute atomic E-state index is 12.0. The molecule has 2 aromatic rings. The van der Waals surface area contributed by atoms with Crippen LogP contribution in [0.2, 0.25) is 5.02 Å². The number of hydrogen-bond acceptors (Lipinski definition) is 5. The Kier molecular flexibility index (Phi) is 3.88. The molecule has 1 aromatic carbocycles. The molecule has 5 nitrogen and oxygen atoms in total. The van der Waals surface area contributed by atoms with Crippen molar-refractivity contribution in [2.45, 2.75) is 11.8 Å². The first kappa shape index (κ1) is 14.0. The molecule has 2 rings (SSSR count). The Morgan fingerprint density at radius 2 is 1.95 bits per heavy atom. The molecule has 0 saturated carbocycles. The fraction of sp³-hybridized carbons (Fsp3) is 0.0909. The number of carbonyl (C=O) groups is 1. The Hall–Kier alpha value is -1.44. The van der Waals surface area contributed by atoms with Gasteiger partial charge in [0.1, 0.15) is 5.69 Å². The summed E-state index contributed by atoms with van der Waals surface area (Å²) in [6, 6.07) is 5.76. The van der Waals surface area contributed by atoms with E-state index in [0.29, 0.717) is 5.02 Å². The van der Waals surface area contributed by atoms with E-state index in [-0.39, 0.29) is 21.5 Å². The lowest BCUT2D eigenvalue weighted by Crippen LogP contribution is -2.12. The lowest BCUT2D eigenvalue weighted by atomic mass is 10.4. The molecule has 1 aromatic heterocycles. The van der Waals surface area contributed by atoms with Crippen molar-refractivity contribution in [2.24, 2.45) is 0 Å². The van der Waals surface area contributed by atoms with Crippen LogP contribution in [0.25, 0.3) is 0 Å². The van der Waals surface area contributed by atoms with Crippen molar-refractivity contribution in [1.29, 1.82) is 0 Å². The van der Waals surface area contributed by atoms with Crippen LogP contribution in [0.5, 0.6) is 0 Å². The van der Waals surface area contributed by atoms with Crippen LogP contribution in [0.3, 0.4) is 0 Å². The predicted octanol–water partition coefficient (Wildman–Crippen LogP) is 2.80. The number of rotatable bonds is 4. The molecule has 0 aliphatic heterocycles. The van der Waals surface area contributed by atoms with Gasteiger partial charge in [-0.25, -0.2) is 13.4 Å². The monoisotopic (exact) mass is 316 g/mol. The van der Waals surface area contributed by atoms with E-state index in [9.17, 15) is 13.2 Å². The van der Waals surface area contributed by atoms with Gasteiger partial charge in [-0.05, 0) is 24.3 Å². The quantitative estimate of drug-likeness (QED) is 0.880. The van der Waals surface area contributed by atoms with Gasteiger partial charge in [0.25, 0.3) is 10.0 Å². The number of benzene rings is 1. The number of Topliss-reactive ketones (excluding diaryl/α,β-unsaturated/α-hetero) is 1. The SMILES string of the molecule is CC(=O)c1csc(NS(=O)(=O)c2ccc(Cl)cc2)n1. The second-order valence-corrected chi connectivity index (χ2v) is 6.63. The summed E-state index contributed by atoms with van der Waals surface area (Å²) in [5, 5.41) is 2.11. The van der Waals surface area contributed by atoms with Gasteiger partial charge in [-0.3, -0.25) is 9.52 Å². The number of aromatic nitrogens is 1. The minimum absolute atomic E-state index is 0.0801. The average Bonchev–Trinajstić information content (AvgIpc) is 2.77. The van der Waals surface area contributed by atoms with Gasteiger partial charge in [0.15, 0.2) is 10.9 Å². The smallest absolute Gasteiger partial charge is 0.263 e. The standard InChI is InChI=1S/C11H9ClN2O3S2/c1-7(15)10-6-18-11(13-10)14-19(16,17)9-4-2-8(12)3-5-9/h2-6H,1H3,(H,13,14). The molecule has 1 N–H and O–H groups in total. The second-order valence-electron chi connectivity index (χ2n) is 3.65. The third-order valence-electron chi connectivity index (χ3n) is 2.21. The van der Waals surface area contributed by atoms with E-state index in [1.54, 1.807) is 0 Å². The van der Waals surface area contributed by atoms with Crippen molar-refractivity contribution < 1.29 is 13.2 Å². The Balaban J connectivity index is 2.25. The normalized spacial score (nSPS) is 11.3.